The minimum atomic E-state index is 0.590. The molecule has 1 aromatic rings. The molecule has 0 atom stereocenters. The number of morpholine rings is 1. The highest BCUT2D eigenvalue weighted by molar-refractivity contribution is 5.66. The molecule has 1 aliphatic rings. The van der Waals surface area contributed by atoms with Crippen molar-refractivity contribution in [1.82, 2.24) is 4.90 Å². The van der Waals surface area contributed by atoms with Crippen LogP contribution >= 0.6 is 0 Å². The van der Waals surface area contributed by atoms with Crippen molar-refractivity contribution in [3.63, 3.8) is 0 Å². The molecule has 0 radical (unpaired) electrons. The molecule has 5 nitrogen and oxygen atoms in total. The predicted octanol–water partition coefficient (Wildman–Crippen LogP) is 0.562. The third kappa shape index (κ3) is 3.25. The molecule has 1 fully saturated rings. The van der Waals surface area contributed by atoms with Gasteiger partial charge in [0.25, 0.3) is 0 Å². The van der Waals surface area contributed by atoms with Gasteiger partial charge in [-0.2, -0.15) is 0 Å². The number of nitrogen functional groups attached to an aromatic ring is 2. The van der Waals surface area contributed by atoms with Crippen molar-refractivity contribution in [2.24, 2.45) is 0 Å². The number of nitrogens with two attached hydrogens (primary N) is 2. The molecule has 2 rings (SSSR count). The molecule has 1 aliphatic heterocycles. The monoisotopic (exact) mass is 237 g/mol. The smallest absolute Gasteiger partial charge is 0.165 e. The molecule has 1 heterocycles. The Morgan fingerprint density at radius 3 is 2.47 bits per heavy atom. The van der Waals surface area contributed by atoms with Gasteiger partial charge in [0.2, 0.25) is 0 Å². The fourth-order valence-corrected chi connectivity index (χ4v) is 1.84. The minimum Gasteiger partial charge on any atom is -0.488 e. The van der Waals surface area contributed by atoms with Gasteiger partial charge >= 0.3 is 0 Å². The summed E-state index contributed by atoms with van der Waals surface area (Å²) < 4.78 is 10.9. The lowest BCUT2D eigenvalue weighted by molar-refractivity contribution is 0.0323. The highest BCUT2D eigenvalue weighted by atomic mass is 16.5. The van der Waals surface area contributed by atoms with Crippen LogP contribution in [0.5, 0.6) is 5.75 Å². The molecule has 4 N–H and O–H groups in total. The second-order valence-electron chi connectivity index (χ2n) is 4.07. The van der Waals surface area contributed by atoms with Crippen molar-refractivity contribution in [3.05, 3.63) is 18.2 Å². The summed E-state index contributed by atoms with van der Waals surface area (Å²) in [5.74, 6) is 0.598. The highest BCUT2D eigenvalue weighted by Crippen LogP contribution is 2.28. The Balaban J connectivity index is 1.81. The third-order valence-electron chi connectivity index (χ3n) is 2.83. The van der Waals surface area contributed by atoms with E-state index in [1.54, 1.807) is 12.1 Å². The number of ether oxygens (including phenoxy) is 2. The third-order valence-corrected chi connectivity index (χ3v) is 2.83. The second-order valence-corrected chi connectivity index (χ2v) is 4.07. The molecular formula is C12H19N3O2. The zero-order valence-electron chi connectivity index (χ0n) is 9.89. The van der Waals surface area contributed by atoms with Gasteiger partial charge in [0.1, 0.15) is 6.61 Å². The van der Waals surface area contributed by atoms with Crippen LogP contribution in [0.1, 0.15) is 0 Å². The summed E-state index contributed by atoms with van der Waals surface area (Å²) in [6.07, 6.45) is 0. The molecule has 0 amide bonds. The van der Waals surface area contributed by atoms with Crippen LogP contribution in [-0.4, -0.2) is 44.4 Å². The average Bonchev–Trinajstić information content (AvgIpc) is 2.34. The number of rotatable bonds is 4. The molecule has 17 heavy (non-hydrogen) atoms. The van der Waals surface area contributed by atoms with E-state index in [2.05, 4.69) is 4.90 Å². The maximum Gasteiger partial charge on any atom is 0.165 e. The Morgan fingerprint density at radius 2 is 1.82 bits per heavy atom. The molecule has 5 heteroatoms. The Bertz CT molecular complexity index is 345. The summed E-state index contributed by atoms with van der Waals surface area (Å²) >= 11 is 0. The molecule has 1 saturated heterocycles. The lowest BCUT2D eigenvalue weighted by atomic mass is 10.2. The molecule has 0 aliphatic carbocycles. The zero-order valence-corrected chi connectivity index (χ0v) is 9.89. The summed E-state index contributed by atoms with van der Waals surface area (Å²) in [7, 11) is 0. The quantitative estimate of drug-likeness (QED) is 0.749. The Kier molecular flexibility index (Phi) is 4.06. The van der Waals surface area contributed by atoms with Crippen molar-refractivity contribution >= 4 is 11.4 Å². The first kappa shape index (κ1) is 12.0. The molecule has 0 unspecified atom stereocenters. The number of anilines is 2. The molecule has 1 aromatic carbocycles. The first-order valence-electron chi connectivity index (χ1n) is 5.84. The van der Waals surface area contributed by atoms with E-state index in [4.69, 9.17) is 20.9 Å². The van der Waals surface area contributed by atoms with Gasteiger partial charge in [-0.25, -0.2) is 0 Å². The number of hydrogen-bond donors (Lipinski definition) is 2. The van der Waals surface area contributed by atoms with Gasteiger partial charge < -0.3 is 20.9 Å². The normalized spacial score (nSPS) is 16.9. The Hall–Kier alpha value is -1.46. The van der Waals surface area contributed by atoms with Gasteiger partial charge in [-0.3, -0.25) is 4.90 Å². The van der Waals surface area contributed by atoms with Crippen molar-refractivity contribution in [3.8, 4) is 5.75 Å². The first-order chi connectivity index (χ1) is 8.27. The summed E-state index contributed by atoms with van der Waals surface area (Å²) in [6.45, 7) is 4.99. The topological polar surface area (TPSA) is 73.7 Å². The van der Waals surface area contributed by atoms with Gasteiger partial charge in [0.05, 0.1) is 24.6 Å². The Labute approximate surface area is 101 Å². The number of para-hydroxylation sites is 1. The van der Waals surface area contributed by atoms with Gasteiger partial charge in [-0.1, -0.05) is 6.07 Å². The predicted molar refractivity (Wildman–Crippen MR) is 68.0 cm³/mol. The lowest BCUT2D eigenvalue weighted by Crippen LogP contribution is -2.38. The van der Waals surface area contributed by atoms with Crippen molar-refractivity contribution in [2.75, 3.05) is 50.9 Å². The van der Waals surface area contributed by atoms with Crippen molar-refractivity contribution in [2.45, 2.75) is 0 Å². The van der Waals surface area contributed by atoms with E-state index in [9.17, 15) is 0 Å². The van der Waals surface area contributed by atoms with Gasteiger partial charge in [-0.05, 0) is 12.1 Å². The molecule has 0 bridgehead atoms. The molecule has 0 aromatic heterocycles. The van der Waals surface area contributed by atoms with Crippen LogP contribution in [0.25, 0.3) is 0 Å². The average molecular weight is 237 g/mol. The van der Waals surface area contributed by atoms with Crippen LogP contribution in [0.2, 0.25) is 0 Å². The molecule has 94 valence electrons. The zero-order chi connectivity index (χ0) is 12.1. The molecule has 0 saturated carbocycles. The van der Waals surface area contributed by atoms with E-state index >= 15 is 0 Å². The number of nitrogens with zero attached hydrogens (tertiary/aromatic N) is 1. The van der Waals surface area contributed by atoms with Gasteiger partial charge in [0.15, 0.2) is 5.75 Å². The minimum absolute atomic E-state index is 0.590. The van der Waals surface area contributed by atoms with E-state index < -0.39 is 0 Å². The molecular weight excluding hydrogens is 218 g/mol. The highest BCUT2D eigenvalue weighted by Gasteiger charge is 2.10. The maximum atomic E-state index is 5.80. The standard InChI is InChI=1S/C12H19N3O2/c13-10-2-1-3-11(14)12(10)17-9-6-15-4-7-16-8-5-15/h1-3H,4-9,13-14H2. The van der Waals surface area contributed by atoms with Crippen LogP contribution in [-0.2, 0) is 4.74 Å². The van der Waals surface area contributed by atoms with Crippen LogP contribution in [0.3, 0.4) is 0 Å². The van der Waals surface area contributed by atoms with E-state index in [-0.39, 0.29) is 0 Å². The summed E-state index contributed by atoms with van der Waals surface area (Å²) in [6, 6.07) is 5.40. The Morgan fingerprint density at radius 1 is 1.18 bits per heavy atom. The van der Waals surface area contributed by atoms with Gasteiger partial charge in [-0.15, -0.1) is 0 Å². The van der Waals surface area contributed by atoms with E-state index in [0.29, 0.717) is 23.7 Å². The van der Waals surface area contributed by atoms with Crippen LogP contribution in [0.15, 0.2) is 18.2 Å². The number of benzene rings is 1. The van der Waals surface area contributed by atoms with E-state index in [1.165, 1.54) is 0 Å². The van der Waals surface area contributed by atoms with E-state index in [1.807, 2.05) is 6.07 Å². The van der Waals surface area contributed by atoms with Crippen LogP contribution in [0, 0.1) is 0 Å². The van der Waals surface area contributed by atoms with Crippen LogP contribution < -0.4 is 16.2 Å². The number of hydrogen-bond acceptors (Lipinski definition) is 5. The summed E-state index contributed by atoms with van der Waals surface area (Å²) in [5, 5.41) is 0. The lowest BCUT2D eigenvalue weighted by Gasteiger charge is -2.26. The van der Waals surface area contributed by atoms with Gasteiger partial charge in [0, 0.05) is 19.6 Å². The largest absolute Gasteiger partial charge is 0.488 e. The summed E-state index contributed by atoms with van der Waals surface area (Å²) in [5.41, 5.74) is 12.8. The molecule has 0 spiro atoms. The van der Waals surface area contributed by atoms with E-state index in [0.717, 1.165) is 32.8 Å². The fourth-order valence-electron chi connectivity index (χ4n) is 1.84. The maximum absolute atomic E-state index is 5.80. The van der Waals surface area contributed by atoms with Crippen molar-refractivity contribution < 1.29 is 9.47 Å². The first-order valence-corrected chi connectivity index (χ1v) is 5.84. The van der Waals surface area contributed by atoms with Crippen LogP contribution in [0.4, 0.5) is 11.4 Å². The summed E-state index contributed by atoms with van der Waals surface area (Å²) in [4.78, 5) is 2.30. The van der Waals surface area contributed by atoms with Crippen molar-refractivity contribution in [1.29, 1.82) is 0 Å². The second kappa shape index (κ2) is 5.75. The fraction of sp³-hybridized carbons (Fsp3) is 0.500. The SMILES string of the molecule is Nc1cccc(N)c1OCCN1CCOCC1.